The second-order valence-corrected chi connectivity index (χ2v) is 3.57. The van der Waals surface area contributed by atoms with Crippen LogP contribution in [0.1, 0.15) is 18.9 Å². The zero-order chi connectivity index (χ0) is 11.6. The van der Waals surface area contributed by atoms with Crippen LogP contribution in [-0.4, -0.2) is 29.5 Å². The molecule has 0 amide bonds. The van der Waals surface area contributed by atoms with Crippen LogP contribution in [0.4, 0.5) is 0 Å². The molecule has 1 rings (SSSR count). The van der Waals surface area contributed by atoms with Gasteiger partial charge in [-0.05, 0) is 13.3 Å². The first-order chi connectivity index (χ1) is 7.86. The fourth-order valence-corrected chi connectivity index (χ4v) is 1.32. The fourth-order valence-electron chi connectivity index (χ4n) is 1.32. The number of ether oxygens (including phenoxy) is 1. The van der Waals surface area contributed by atoms with Gasteiger partial charge in [0.25, 0.3) is 0 Å². The molecule has 0 aliphatic heterocycles. The average molecular weight is 223 g/mol. The predicted octanol–water partition coefficient (Wildman–Crippen LogP) is 1.59. The number of hydrogen-bond donors (Lipinski definition) is 1. The van der Waals surface area contributed by atoms with E-state index in [9.17, 15) is 0 Å². The Morgan fingerprint density at radius 2 is 2.44 bits per heavy atom. The SMILES string of the molecule is C=CCCOCCNCc1cnn(CC)c1. The third-order valence-corrected chi connectivity index (χ3v) is 2.23. The highest BCUT2D eigenvalue weighted by Crippen LogP contribution is 1.96. The highest BCUT2D eigenvalue weighted by Gasteiger charge is 1.96. The van der Waals surface area contributed by atoms with E-state index in [1.165, 1.54) is 5.56 Å². The average Bonchev–Trinajstić information content (AvgIpc) is 2.76. The molecule has 90 valence electrons. The summed E-state index contributed by atoms with van der Waals surface area (Å²) in [6, 6.07) is 0. The van der Waals surface area contributed by atoms with Crippen molar-refractivity contribution < 1.29 is 4.74 Å². The third-order valence-electron chi connectivity index (χ3n) is 2.23. The summed E-state index contributed by atoms with van der Waals surface area (Å²) in [6.07, 6.45) is 6.75. The van der Waals surface area contributed by atoms with Crippen molar-refractivity contribution >= 4 is 0 Å². The van der Waals surface area contributed by atoms with Crippen LogP contribution >= 0.6 is 0 Å². The zero-order valence-corrected chi connectivity index (χ0v) is 9.98. The van der Waals surface area contributed by atoms with E-state index in [1.807, 2.05) is 17.0 Å². The Hall–Kier alpha value is -1.13. The Balaban J connectivity index is 2.00. The largest absolute Gasteiger partial charge is 0.380 e. The van der Waals surface area contributed by atoms with Gasteiger partial charge in [-0.15, -0.1) is 6.58 Å². The van der Waals surface area contributed by atoms with Gasteiger partial charge in [0.05, 0.1) is 19.4 Å². The van der Waals surface area contributed by atoms with E-state index in [0.717, 1.165) is 39.3 Å². The normalized spacial score (nSPS) is 10.6. The minimum absolute atomic E-state index is 0.746. The van der Waals surface area contributed by atoms with Crippen LogP contribution < -0.4 is 5.32 Å². The molecule has 0 unspecified atom stereocenters. The number of hydrogen-bond acceptors (Lipinski definition) is 3. The van der Waals surface area contributed by atoms with Crippen molar-refractivity contribution in [2.75, 3.05) is 19.8 Å². The summed E-state index contributed by atoms with van der Waals surface area (Å²) in [5.41, 5.74) is 1.22. The van der Waals surface area contributed by atoms with E-state index in [1.54, 1.807) is 0 Å². The smallest absolute Gasteiger partial charge is 0.0591 e. The predicted molar refractivity (Wildman–Crippen MR) is 65.2 cm³/mol. The lowest BCUT2D eigenvalue weighted by molar-refractivity contribution is 0.140. The molecule has 0 spiro atoms. The molecule has 1 aromatic heterocycles. The van der Waals surface area contributed by atoms with Gasteiger partial charge in [-0.2, -0.15) is 5.10 Å². The second kappa shape index (κ2) is 8.07. The first-order valence-electron chi connectivity index (χ1n) is 5.77. The number of aromatic nitrogens is 2. The summed E-state index contributed by atoms with van der Waals surface area (Å²) in [5, 5.41) is 7.52. The van der Waals surface area contributed by atoms with Crippen LogP contribution in [0.2, 0.25) is 0 Å². The van der Waals surface area contributed by atoms with Crippen molar-refractivity contribution in [3.05, 3.63) is 30.6 Å². The Morgan fingerprint density at radius 3 is 3.12 bits per heavy atom. The molecule has 1 aromatic rings. The fraction of sp³-hybridized carbons (Fsp3) is 0.583. The molecule has 0 bridgehead atoms. The number of nitrogens with zero attached hydrogens (tertiary/aromatic N) is 2. The summed E-state index contributed by atoms with van der Waals surface area (Å²) >= 11 is 0. The maximum absolute atomic E-state index is 5.38. The Labute approximate surface area is 97.3 Å². The molecule has 4 heteroatoms. The summed E-state index contributed by atoms with van der Waals surface area (Å²) in [6.45, 7) is 9.87. The van der Waals surface area contributed by atoms with E-state index in [-0.39, 0.29) is 0 Å². The monoisotopic (exact) mass is 223 g/mol. The molecule has 0 aliphatic rings. The van der Waals surface area contributed by atoms with Crippen LogP contribution in [0.15, 0.2) is 25.0 Å². The van der Waals surface area contributed by atoms with Crippen molar-refractivity contribution in [2.45, 2.75) is 26.4 Å². The van der Waals surface area contributed by atoms with Crippen molar-refractivity contribution in [3.8, 4) is 0 Å². The van der Waals surface area contributed by atoms with E-state index >= 15 is 0 Å². The first kappa shape index (κ1) is 12.9. The van der Waals surface area contributed by atoms with Gasteiger partial charge in [-0.3, -0.25) is 4.68 Å². The molecular weight excluding hydrogens is 202 g/mol. The van der Waals surface area contributed by atoms with Crippen LogP contribution in [-0.2, 0) is 17.8 Å². The summed E-state index contributed by atoms with van der Waals surface area (Å²) in [5.74, 6) is 0. The maximum Gasteiger partial charge on any atom is 0.0591 e. The van der Waals surface area contributed by atoms with Crippen LogP contribution in [0.25, 0.3) is 0 Å². The van der Waals surface area contributed by atoms with E-state index in [0.29, 0.717) is 0 Å². The Kier molecular flexibility index (Phi) is 6.53. The van der Waals surface area contributed by atoms with Crippen molar-refractivity contribution in [3.63, 3.8) is 0 Å². The molecular formula is C12H21N3O. The molecule has 1 N–H and O–H groups in total. The quantitative estimate of drug-likeness (QED) is 0.510. The minimum atomic E-state index is 0.746. The van der Waals surface area contributed by atoms with Crippen LogP contribution in [0.5, 0.6) is 0 Å². The van der Waals surface area contributed by atoms with Gasteiger partial charge >= 0.3 is 0 Å². The second-order valence-electron chi connectivity index (χ2n) is 3.57. The van der Waals surface area contributed by atoms with Gasteiger partial charge in [0.1, 0.15) is 0 Å². The minimum Gasteiger partial charge on any atom is -0.380 e. The van der Waals surface area contributed by atoms with Gasteiger partial charge in [-0.25, -0.2) is 0 Å². The molecule has 1 heterocycles. The molecule has 0 aliphatic carbocycles. The standard InChI is InChI=1S/C12H21N3O/c1-3-5-7-16-8-6-13-9-12-10-14-15(4-2)11-12/h3,10-11,13H,1,4-9H2,2H3. The molecule has 4 nitrogen and oxygen atoms in total. The van der Waals surface area contributed by atoms with Crippen molar-refractivity contribution in [2.24, 2.45) is 0 Å². The lowest BCUT2D eigenvalue weighted by Crippen LogP contribution is -2.19. The molecule has 16 heavy (non-hydrogen) atoms. The maximum atomic E-state index is 5.38. The molecule has 0 fully saturated rings. The molecule has 0 radical (unpaired) electrons. The van der Waals surface area contributed by atoms with Gasteiger partial charge in [-0.1, -0.05) is 6.08 Å². The topological polar surface area (TPSA) is 39.1 Å². The lowest BCUT2D eigenvalue weighted by atomic mass is 10.3. The highest BCUT2D eigenvalue weighted by molar-refractivity contribution is 5.02. The zero-order valence-electron chi connectivity index (χ0n) is 9.98. The van der Waals surface area contributed by atoms with Crippen molar-refractivity contribution in [1.29, 1.82) is 0 Å². The van der Waals surface area contributed by atoms with Crippen molar-refractivity contribution in [1.82, 2.24) is 15.1 Å². The van der Waals surface area contributed by atoms with Gasteiger partial charge in [0.15, 0.2) is 0 Å². The molecule has 0 saturated carbocycles. The number of nitrogens with one attached hydrogen (secondary N) is 1. The Bertz CT molecular complexity index is 296. The third kappa shape index (κ3) is 5.09. The summed E-state index contributed by atoms with van der Waals surface area (Å²) in [4.78, 5) is 0. The van der Waals surface area contributed by atoms with Crippen LogP contribution in [0.3, 0.4) is 0 Å². The highest BCUT2D eigenvalue weighted by atomic mass is 16.5. The van der Waals surface area contributed by atoms with E-state index in [4.69, 9.17) is 4.74 Å². The molecule has 0 aromatic carbocycles. The molecule has 0 atom stereocenters. The number of rotatable bonds is 9. The Morgan fingerprint density at radius 1 is 1.56 bits per heavy atom. The summed E-state index contributed by atoms with van der Waals surface area (Å²) in [7, 11) is 0. The molecule has 0 saturated heterocycles. The lowest BCUT2D eigenvalue weighted by Gasteiger charge is -2.03. The van der Waals surface area contributed by atoms with Crippen LogP contribution in [0, 0.1) is 0 Å². The number of aryl methyl sites for hydroxylation is 1. The van der Waals surface area contributed by atoms with Gasteiger partial charge < -0.3 is 10.1 Å². The van der Waals surface area contributed by atoms with Gasteiger partial charge in [0, 0.05) is 31.4 Å². The first-order valence-corrected chi connectivity index (χ1v) is 5.77. The summed E-state index contributed by atoms with van der Waals surface area (Å²) < 4.78 is 7.31. The van der Waals surface area contributed by atoms with E-state index < -0.39 is 0 Å². The van der Waals surface area contributed by atoms with E-state index in [2.05, 4.69) is 30.1 Å². The van der Waals surface area contributed by atoms with Gasteiger partial charge in [0.2, 0.25) is 0 Å².